The number of hydrogen-bond donors (Lipinski definition) is 2. The molecule has 0 unspecified atom stereocenters. The lowest BCUT2D eigenvalue weighted by Gasteiger charge is -2.34. The summed E-state index contributed by atoms with van der Waals surface area (Å²) in [6, 6.07) is 8.23. The van der Waals surface area contributed by atoms with Gasteiger partial charge in [0.1, 0.15) is 23.1 Å². The first-order valence-corrected chi connectivity index (χ1v) is 17.6. The minimum Gasteiger partial charge on any atom is -0.461 e. The number of anilines is 1. The number of nitrogens with one attached hydrogen (secondary N) is 2. The lowest BCUT2D eigenvalue weighted by Crippen LogP contribution is -2.51. The van der Waals surface area contributed by atoms with Crippen LogP contribution in [-0.4, -0.2) is 80.5 Å². The van der Waals surface area contributed by atoms with Crippen molar-refractivity contribution in [2.24, 2.45) is 0 Å². The summed E-state index contributed by atoms with van der Waals surface area (Å²) in [6.07, 6.45) is 15.2. The van der Waals surface area contributed by atoms with E-state index >= 15 is 4.39 Å². The van der Waals surface area contributed by atoms with Gasteiger partial charge in [0.05, 0.1) is 44.9 Å². The van der Waals surface area contributed by atoms with E-state index in [-0.39, 0.29) is 11.1 Å². The maximum absolute atomic E-state index is 15.3. The van der Waals surface area contributed by atoms with Gasteiger partial charge in [-0.2, -0.15) is 15.1 Å². The number of halogens is 2. The second kappa shape index (κ2) is 10.9. The van der Waals surface area contributed by atoms with Crippen LogP contribution in [0.5, 0.6) is 6.01 Å². The summed E-state index contributed by atoms with van der Waals surface area (Å²) in [5.41, 5.74) is 2.99. The third-order valence-electron chi connectivity index (χ3n) is 11.1. The van der Waals surface area contributed by atoms with Crippen molar-refractivity contribution in [2.75, 3.05) is 37.7 Å². The van der Waals surface area contributed by atoms with Crippen LogP contribution in [-0.2, 0) is 0 Å². The molecule has 4 saturated heterocycles. The van der Waals surface area contributed by atoms with Crippen LogP contribution in [0.1, 0.15) is 37.7 Å². The Balaban J connectivity index is 1.17. The Hall–Kier alpha value is -4.70. The molecule has 49 heavy (non-hydrogen) atoms. The van der Waals surface area contributed by atoms with Crippen LogP contribution >= 0.6 is 11.3 Å². The van der Waals surface area contributed by atoms with Crippen molar-refractivity contribution in [2.45, 2.75) is 49.7 Å². The maximum atomic E-state index is 15.3. The molecule has 4 aliphatic heterocycles. The van der Waals surface area contributed by atoms with E-state index in [0.717, 1.165) is 105 Å². The minimum atomic E-state index is -0.456. The highest BCUT2D eigenvalue weighted by Gasteiger charge is 2.47. The van der Waals surface area contributed by atoms with Gasteiger partial charge >= 0.3 is 6.01 Å². The number of aromatic amines is 1. The molecule has 4 fully saturated rings. The third-order valence-corrected chi connectivity index (χ3v) is 12.2. The van der Waals surface area contributed by atoms with Gasteiger partial charge in [0.15, 0.2) is 0 Å². The monoisotopic (exact) mass is 674 g/mol. The molecule has 0 amide bonds. The number of nitrogens with zero attached hydrogens (tertiary/aromatic N) is 6. The molecule has 12 heteroatoms. The minimum absolute atomic E-state index is 0.195. The molecule has 4 aromatic heterocycles. The van der Waals surface area contributed by atoms with Gasteiger partial charge in [0, 0.05) is 59.6 Å². The Morgan fingerprint density at radius 3 is 2.86 bits per heavy atom. The van der Waals surface area contributed by atoms with Crippen LogP contribution in [0.25, 0.3) is 53.2 Å². The van der Waals surface area contributed by atoms with E-state index in [0.29, 0.717) is 48.7 Å². The number of H-pyrrole nitrogens is 1. The fourth-order valence-electron chi connectivity index (χ4n) is 8.92. The van der Waals surface area contributed by atoms with Crippen LogP contribution < -0.4 is 15.0 Å². The summed E-state index contributed by atoms with van der Waals surface area (Å²) in [6.45, 7) is 3.65. The van der Waals surface area contributed by atoms with Crippen molar-refractivity contribution in [1.82, 2.24) is 35.4 Å². The fraction of sp³-hybridized carbons (Fsp3) is 0.351. The molecule has 2 bridgehead atoms. The first-order valence-electron chi connectivity index (χ1n) is 16.8. The van der Waals surface area contributed by atoms with Crippen molar-refractivity contribution in [1.29, 1.82) is 0 Å². The van der Waals surface area contributed by atoms with Gasteiger partial charge in [0.2, 0.25) is 0 Å². The highest BCUT2D eigenvalue weighted by atomic mass is 32.1. The van der Waals surface area contributed by atoms with Gasteiger partial charge in [-0.3, -0.25) is 15.0 Å². The number of hydrogen-bond acceptors (Lipinski definition) is 9. The van der Waals surface area contributed by atoms with Crippen LogP contribution in [0.4, 0.5) is 14.6 Å². The van der Waals surface area contributed by atoms with Crippen molar-refractivity contribution < 1.29 is 13.5 Å². The van der Waals surface area contributed by atoms with Crippen molar-refractivity contribution >= 4 is 59.1 Å². The zero-order valence-electron chi connectivity index (χ0n) is 26.6. The summed E-state index contributed by atoms with van der Waals surface area (Å²) >= 11 is 1.53. The van der Waals surface area contributed by atoms with Gasteiger partial charge in [-0.1, -0.05) is 12.0 Å². The summed E-state index contributed by atoms with van der Waals surface area (Å²) in [5, 5.41) is 15.3. The molecule has 2 N–H and O–H groups in total. The number of aromatic nitrogens is 5. The van der Waals surface area contributed by atoms with Crippen LogP contribution in [0.2, 0.25) is 0 Å². The second-order valence-electron chi connectivity index (χ2n) is 13.9. The van der Waals surface area contributed by atoms with Crippen LogP contribution in [0.3, 0.4) is 0 Å². The average Bonchev–Trinajstić information content (AvgIpc) is 3.94. The molecule has 0 radical (unpaired) electrons. The summed E-state index contributed by atoms with van der Waals surface area (Å²) in [4.78, 5) is 20.6. The van der Waals surface area contributed by atoms with E-state index in [1.807, 2.05) is 12.1 Å². The predicted octanol–water partition coefficient (Wildman–Crippen LogP) is 6.47. The number of thiophene rings is 1. The third kappa shape index (κ3) is 4.42. The topological polar surface area (TPSA) is 95.1 Å². The molecule has 0 saturated carbocycles. The molecule has 4 aliphatic rings. The Bertz CT molecular complexity index is 2400. The molecule has 0 spiro atoms. The van der Waals surface area contributed by atoms with Crippen LogP contribution in [0, 0.1) is 18.2 Å². The fourth-order valence-corrected chi connectivity index (χ4v) is 10.1. The normalized spacial score (nSPS) is 24.6. The van der Waals surface area contributed by atoms with Crippen LogP contribution in [0.15, 0.2) is 48.6 Å². The number of piperazine rings is 1. The SMILES string of the molecule is C#Cc1c(F)ccc2cc3[nH]ncc3c(-c3nccc4c3sc3nc(OC[C@@]56CCCN5C/C(=C\F)C6)nc(N5C[C@H]6CC[C@@H](C5)N6)c34)c12. The smallest absolute Gasteiger partial charge is 0.319 e. The van der Waals surface area contributed by atoms with Gasteiger partial charge in [-0.05, 0) is 67.8 Å². The second-order valence-corrected chi connectivity index (χ2v) is 14.9. The molecule has 3 atom stereocenters. The average molecular weight is 675 g/mol. The van der Waals surface area contributed by atoms with Gasteiger partial charge in [0.25, 0.3) is 0 Å². The molecule has 246 valence electrons. The number of pyridine rings is 1. The number of rotatable bonds is 5. The highest BCUT2D eigenvalue weighted by Crippen LogP contribution is 2.47. The number of benzene rings is 2. The lowest BCUT2D eigenvalue weighted by molar-refractivity contribution is 0.108. The number of terminal acetylenes is 1. The Morgan fingerprint density at radius 1 is 1.14 bits per heavy atom. The molecular formula is C37H32F2N8OS. The van der Waals surface area contributed by atoms with Crippen molar-refractivity contribution in [3.63, 3.8) is 0 Å². The van der Waals surface area contributed by atoms with Gasteiger partial charge < -0.3 is 15.0 Å². The zero-order chi connectivity index (χ0) is 32.9. The standard InChI is InChI=1S/C37H32F2N8OS/c1-2-24-27(39)7-4-21-12-28-26(15-41-45-28)30(29(21)24)32-33-25(8-10-40-32)31-34(46-17-22-5-6-23(18-46)42-22)43-36(44-35(31)49-33)48-19-37-9-3-11-47(37)16-20(13-37)14-38/h1,4,7-8,10,12,14-15,22-23,42H,3,5-6,9,11,13,16-19H2,(H,41,45)/b20-14-/t22-,23+,37-/m0/s1. The van der Waals surface area contributed by atoms with E-state index in [1.165, 1.54) is 17.4 Å². The number of ether oxygens (including phenoxy) is 1. The molecule has 2 aromatic carbocycles. The van der Waals surface area contributed by atoms with Gasteiger partial charge in [-0.15, -0.1) is 17.8 Å². The first kappa shape index (κ1) is 29.2. The molecular weight excluding hydrogens is 643 g/mol. The lowest BCUT2D eigenvalue weighted by atomic mass is 9.93. The van der Waals surface area contributed by atoms with E-state index in [1.54, 1.807) is 18.5 Å². The van der Waals surface area contributed by atoms with Gasteiger partial charge in [-0.25, -0.2) is 8.78 Å². The zero-order valence-corrected chi connectivity index (χ0v) is 27.4. The van der Waals surface area contributed by atoms with Crippen molar-refractivity contribution in [3.05, 3.63) is 59.9 Å². The van der Waals surface area contributed by atoms with E-state index in [4.69, 9.17) is 26.1 Å². The Kier molecular flexibility index (Phi) is 6.50. The molecule has 8 heterocycles. The first-order chi connectivity index (χ1) is 24.0. The van der Waals surface area contributed by atoms with Crippen molar-refractivity contribution in [3.8, 4) is 29.6 Å². The maximum Gasteiger partial charge on any atom is 0.319 e. The molecule has 9 nitrogen and oxygen atoms in total. The Morgan fingerprint density at radius 2 is 2.02 bits per heavy atom. The molecule has 0 aliphatic carbocycles. The number of fused-ring (bicyclic) bond motifs is 8. The molecule has 6 aromatic rings. The summed E-state index contributed by atoms with van der Waals surface area (Å²) in [7, 11) is 0. The Labute approximate surface area is 284 Å². The van der Waals surface area contributed by atoms with E-state index < -0.39 is 5.82 Å². The summed E-state index contributed by atoms with van der Waals surface area (Å²) < 4.78 is 36.3. The largest absolute Gasteiger partial charge is 0.461 e. The van der Waals surface area contributed by atoms with E-state index in [9.17, 15) is 4.39 Å². The molecule has 10 rings (SSSR count). The van der Waals surface area contributed by atoms with E-state index in [2.05, 4.69) is 31.2 Å². The predicted molar refractivity (Wildman–Crippen MR) is 188 cm³/mol. The quantitative estimate of drug-likeness (QED) is 0.201. The summed E-state index contributed by atoms with van der Waals surface area (Å²) in [5.74, 6) is 2.99. The highest BCUT2D eigenvalue weighted by molar-refractivity contribution is 7.26.